The maximum atomic E-state index is 11.9. The van der Waals surface area contributed by atoms with Gasteiger partial charge in [-0.1, -0.05) is 5.16 Å². The van der Waals surface area contributed by atoms with Gasteiger partial charge in [-0.05, 0) is 6.92 Å². The van der Waals surface area contributed by atoms with E-state index in [1.165, 1.54) is 0 Å². The van der Waals surface area contributed by atoms with Crippen LogP contribution in [0, 0.1) is 6.92 Å². The lowest BCUT2D eigenvalue weighted by Gasteiger charge is -2.21. The molecule has 1 fully saturated rings. The number of carbonyl (C=O) groups is 2. The largest absolute Gasteiger partial charge is 0.480 e. The Morgan fingerprint density at radius 1 is 1.55 bits per heavy atom. The molecule has 0 spiro atoms. The van der Waals surface area contributed by atoms with Gasteiger partial charge >= 0.3 is 12.0 Å². The first kappa shape index (κ1) is 14.3. The minimum atomic E-state index is -1.12. The highest BCUT2D eigenvalue weighted by Crippen LogP contribution is 2.17. The first-order valence-corrected chi connectivity index (χ1v) is 6.22. The second-order valence-corrected chi connectivity index (χ2v) is 4.61. The van der Waals surface area contributed by atoms with Gasteiger partial charge in [0.25, 0.3) is 0 Å². The second kappa shape index (κ2) is 5.87. The Bertz CT molecular complexity index is 503. The van der Waals surface area contributed by atoms with Crippen LogP contribution in [0.2, 0.25) is 0 Å². The smallest absolute Gasteiger partial charge is 0.326 e. The fraction of sp³-hybridized carbons (Fsp3) is 0.636. The summed E-state index contributed by atoms with van der Waals surface area (Å²) in [4.78, 5) is 28.0. The van der Waals surface area contributed by atoms with E-state index in [-0.39, 0.29) is 19.5 Å². The number of nitrogens with zero attached hydrogens (tertiary/aromatic N) is 3. The number of hydrogen-bond acceptors (Lipinski definition) is 6. The summed E-state index contributed by atoms with van der Waals surface area (Å²) < 4.78 is 4.89. The predicted octanol–water partition coefficient (Wildman–Crippen LogP) is -0.850. The summed E-state index contributed by atoms with van der Waals surface area (Å²) in [5.41, 5.74) is 0. The van der Waals surface area contributed by atoms with E-state index in [9.17, 15) is 14.7 Å². The number of nitrogens with one attached hydrogen (secondary N) is 1. The zero-order valence-corrected chi connectivity index (χ0v) is 10.9. The molecule has 0 saturated carbocycles. The van der Waals surface area contributed by atoms with Crippen molar-refractivity contribution in [3.05, 3.63) is 11.7 Å². The molecule has 20 heavy (non-hydrogen) atoms. The van der Waals surface area contributed by atoms with Gasteiger partial charge in [-0.2, -0.15) is 4.98 Å². The first-order chi connectivity index (χ1) is 9.47. The molecule has 1 aliphatic rings. The highest BCUT2D eigenvalue weighted by molar-refractivity contribution is 5.83. The lowest BCUT2D eigenvalue weighted by atomic mass is 10.2. The van der Waals surface area contributed by atoms with E-state index in [0.29, 0.717) is 18.1 Å². The Hall–Kier alpha value is -2.16. The zero-order chi connectivity index (χ0) is 14.7. The van der Waals surface area contributed by atoms with Gasteiger partial charge in [0, 0.05) is 25.9 Å². The van der Waals surface area contributed by atoms with Crippen LogP contribution in [0.25, 0.3) is 0 Å². The van der Waals surface area contributed by atoms with Crippen LogP contribution in [0.1, 0.15) is 18.1 Å². The molecule has 1 aromatic rings. The lowest BCUT2D eigenvalue weighted by Crippen LogP contribution is -2.46. The minimum absolute atomic E-state index is 0.0163. The molecule has 1 aromatic heterocycles. The number of amides is 2. The van der Waals surface area contributed by atoms with Crippen LogP contribution in [-0.4, -0.2) is 62.5 Å². The van der Waals surface area contributed by atoms with Crippen molar-refractivity contribution >= 4 is 12.0 Å². The van der Waals surface area contributed by atoms with Crippen molar-refractivity contribution in [3.63, 3.8) is 0 Å². The van der Waals surface area contributed by atoms with Gasteiger partial charge in [0.05, 0.1) is 6.10 Å². The number of aliphatic carboxylic acids is 1. The fourth-order valence-electron chi connectivity index (χ4n) is 2.09. The van der Waals surface area contributed by atoms with E-state index in [1.54, 1.807) is 6.92 Å². The average molecular weight is 284 g/mol. The zero-order valence-electron chi connectivity index (χ0n) is 10.9. The molecule has 9 heteroatoms. The molecule has 1 aliphatic heterocycles. The standard InChI is InChI=1S/C11H16N4O5/c1-6-13-9(20-14-6)2-3-12-11(19)15-5-7(16)4-8(15)10(17)18/h7-8,16H,2-5H2,1H3,(H,12,19)(H,17,18)/t7-,8+/m1/s1. The summed E-state index contributed by atoms with van der Waals surface area (Å²) in [6, 6.07) is -1.51. The van der Waals surface area contributed by atoms with Crippen LogP contribution in [0.3, 0.4) is 0 Å². The molecular weight excluding hydrogens is 268 g/mol. The molecule has 2 atom stereocenters. The molecule has 0 bridgehead atoms. The minimum Gasteiger partial charge on any atom is -0.480 e. The van der Waals surface area contributed by atoms with Crippen molar-refractivity contribution in [2.24, 2.45) is 0 Å². The molecule has 3 N–H and O–H groups in total. The Labute approximate surface area is 114 Å². The number of aliphatic hydroxyl groups excluding tert-OH is 1. The summed E-state index contributed by atoms with van der Waals surface area (Å²) in [5.74, 6) is -0.205. The molecule has 2 amide bonds. The molecule has 2 rings (SSSR count). The number of hydrogen-bond donors (Lipinski definition) is 3. The van der Waals surface area contributed by atoms with Gasteiger partial charge in [0.15, 0.2) is 5.82 Å². The van der Waals surface area contributed by atoms with Crippen LogP contribution in [0.4, 0.5) is 4.79 Å². The molecule has 0 aliphatic carbocycles. The maximum Gasteiger partial charge on any atom is 0.326 e. The third kappa shape index (κ3) is 3.23. The van der Waals surface area contributed by atoms with Gasteiger partial charge < -0.3 is 25.0 Å². The van der Waals surface area contributed by atoms with Crippen LogP contribution in [0.5, 0.6) is 0 Å². The number of rotatable bonds is 4. The lowest BCUT2D eigenvalue weighted by molar-refractivity contribution is -0.141. The van der Waals surface area contributed by atoms with E-state index < -0.39 is 24.1 Å². The highest BCUT2D eigenvalue weighted by atomic mass is 16.5. The van der Waals surface area contributed by atoms with Crippen molar-refractivity contribution in [3.8, 4) is 0 Å². The topological polar surface area (TPSA) is 129 Å². The van der Waals surface area contributed by atoms with E-state index in [4.69, 9.17) is 9.63 Å². The maximum absolute atomic E-state index is 11.9. The first-order valence-electron chi connectivity index (χ1n) is 6.22. The van der Waals surface area contributed by atoms with E-state index >= 15 is 0 Å². The van der Waals surface area contributed by atoms with Crippen molar-refractivity contribution in [1.82, 2.24) is 20.4 Å². The normalized spacial score (nSPS) is 22.0. The second-order valence-electron chi connectivity index (χ2n) is 4.61. The number of aromatic nitrogens is 2. The van der Waals surface area contributed by atoms with Gasteiger partial charge in [-0.25, -0.2) is 9.59 Å². The summed E-state index contributed by atoms with van der Waals surface area (Å²) in [6.07, 6.45) is -0.396. The average Bonchev–Trinajstić information content (AvgIpc) is 2.95. The van der Waals surface area contributed by atoms with Gasteiger partial charge in [-0.15, -0.1) is 0 Å². The molecule has 9 nitrogen and oxygen atoms in total. The van der Waals surface area contributed by atoms with Crippen molar-refractivity contribution in [2.45, 2.75) is 31.9 Å². The van der Waals surface area contributed by atoms with Crippen LogP contribution in [-0.2, 0) is 11.2 Å². The Morgan fingerprint density at radius 3 is 2.90 bits per heavy atom. The number of aliphatic hydroxyl groups is 1. The van der Waals surface area contributed by atoms with Crippen molar-refractivity contribution in [2.75, 3.05) is 13.1 Å². The Balaban J connectivity index is 1.83. The highest BCUT2D eigenvalue weighted by Gasteiger charge is 2.38. The summed E-state index contributed by atoms with van der Waals surface area (Å²) in [5, 5.41) is 24.6. The Kier molecular flexibility index (Phi) is 4.18. The fourth-order valence-corrected chi connectivity index (χ4v) is 2.09. The van der Waals surface area contributed by atoms with E-state index in [2.05, 4.69) is 15.5 Å². The summed E-state index contributed by atoms with van der Waals surface area (Å²) in [7, 11) is 0. The summed E-state index contributed by atoms with van der Waals surface area (Å²) >= 11 is 0. The third-order valence-electron chi connectivity index (χ3n) is 3.01. The Morgan fingerprint density at radius 2 is 2.30 bits per heavy atom. The molecule has 0 unspecified atom stereocenters. The molecule has 110 valence electrons. The molecular formula is C11H16N4O5. The quantitative estimate of drug-likeness (QED) is 0.656. The molecule has 2 heterocycles. The molecule has 1 saturated heterocycles. The number of carboxylic acid groups (broad SMARTS) is 1. The SMILES string of the molecule is Cc1noc(CCNC(=O)N2C[C@H](O)C[C@H]2C(=O)O)n1. The van der Waals surface area contributed by atoms with Gasteiger partial charge in [0.1, 0.15) is 6.04 Å². The van der Waals surface area contributed by atoms with Crippen molar-refractivity contribution in [1.29, 1.82) is 0 Å². The van der Waals surface area contributed by atoms with Crippen LogP contribution < -0.4 is 5.32 Å². The van der Waals surface area contributed by atoms with E-state index in [0.717, 1.165) is 4.90 Å². The molecule has 0 radical (unpaired) electrons. The summed E-state index contributed by atoms with van der Waals surface area (Å²) in [6.45, 7) is 1.95. The predicted molar refractivity (Wildman–Crippen MR) is 64.9 cm³/mol. The number of likely N-dealkylation sites (tertiary alicyclic amines) is 1. The number of β-amino-alcohol motifs (C(OH)–C–C–N with tert-alkyl or cyclic N) is 1. The van der Waals surface area contributed by atoms with E-state index in [1.807, 2.05) is 0 Å². The number of carbonyl (C=O) groups excluding carboxylic acids is 1. The van der Waals surface area contributed by atoms with Crippen LogP contribution >= 0.6 is 0 Å². The third-order valence-corrected chi connectivity index (χ3v) is 3.01. The van der Waals surface area contributed by atoms with Crippen LogP contribution in [0.15, 0.2) is 4.52 Å². The van der Waals surface area contributed by atoms with Gasteiger partial charge in [0.2, 0.25) is 5.89 Å². The number of urea groups is 1. The number of aryl methyl sites for hydroxylation is 1. The molecule has 0 aromatic carbocycles. The van der Waals surface area contributed by atoms with Gasteiger partial charge in [-0.3, -0.25) is 0 Å². The van der Waals surface area contributed by atoms with Crippen molar-refractivity contribution < 1.29 is 24.3 Å². The monoisotopic (exact) mass is 284 g/mol. The number of carboxylic acids is 1.